The van der Waals surface area contributed by atoms with E-state index in [0.29, 0.717) is 5.69 Å². The summed E-state index contributed by atoms with van der Waals surface area (Å²) in [7, 11) is 0. The molecule has 0 unspecified atom stereocenters. The number of anilines is 1. The smallest absolute Gasteiger partial charge is 0.422 e. The van der Waals surface area contributed by atoms with Crippen molar-refractivity contribution in [2.24, 2.45) is 0 Å². The van der Waals surface area contributed by atoms with Gasteiger partial charge in [0.2, 0.25) is 0 Å². The minimum atomic E-state index is -4.51. The van der Waals surface area contributed by atoms with Crippen molar-refractivity contribution in [3.63, 3.8) is 0 Å². The largest absolute Gasteiger partial charge is 0.440 e. The second kappa shape index (κ2) is 5.37. The van der Waals surface area contributed by atoms with Gasteiger partial charge in [0.15, 0.2) is 6.61 Å². The van der Waals surface area contributed by atoms with E-state index in [0.717, 1.165) is 3.57 Å². The fraction of sp³-hybridized carbons (Fsp3) is 0.222. The number of ether oxygens (including phenoxy) is 1. The van der Waals surface area contributed by atoms with Crippen LogP contribution in [0, 0.1) is 3.57 Å². The summed E-state index contributed by atoms with van der Waals surface area (Å²) in [5.74, 6) is 0. The third-order valence-corrected chi connectivity index (χ3v) is 2.18. The van der Waals surface area contributed by atoms with Crippen molar-refractivity contribution in [1.82, 2.24) is 0 Å². The predicted molar refractivity (Wildman–Crippen MR) is 60.2 cm³/mol. The van der Waals surface area contributed by atoms with Crippen LogP contribution in [0.4, 0.5) is 23.7 Å². The zero-order chi connectivity index (χ0) is 12.2. The second-order valence-corrected chi connectivity index (χ2v) is 4.07. The molecule has 7 heteroatoms. The second-order valence-electron chi connectivity index (χ2n) is 2.82. The van der Waals surface area contributed by atoms with Crippen molar-refractivity contribution in [2.45, 2.75) is 6.18 Å². The summed E-state index contributed by atoms with van der Waals surface area (Å²) < 4.78 is 40.0. The fourth-order valence-corrected chi connectivity index (χ4v) is 1.19. The van der Waals surface area contributed by atoms with Crippen LogP contribution in [0.3, 0.4) is 0 Å². The van der Waals surface area contributed by atoms with Crippen molar-refractivity contribution in [3.05, 3.63) is 27.8 Å². The van der Waals surface area contributed by atoms with Gasteiger partial charge in [0.25, 0.3) is 0 Å². The summed E-state index contributed by atoms with van der Waals surface area (Å²) in [5.41, 5.74) is 0.382. The Morgan fingerprint density at radius 1 is 1.31 bits per heavy atom. The first-order chi connectivity index (χ1) is 7.37. The molecule has 0 fully saturated rings. The molecule has 0 heterocycles. The first kappa shape index (κ1) is 13.1. The minimum absolute atomic E-state index is 0.382. The first-order valence-electron chi connectivity index (χ1n) is 4.13. The van der Waals surface area contributed by atoms with Gasteiger partial charge in [-0.25, -0.2) is 4.79 Å². The van der Waals surface area contributed by atoms with E-state index < -0.39 is 18.9 Å². The molecule has 0 bridgehead atoms. The molecular weight excluding hydrogens is 338 g/mol. The number of alkyl halides is 3. The lowest BCUT2D eigenvalue weighted by atomic mass is 10.3. The van der Waals surface area contributed by atoms with Crippen LogP contribution in [0.5, 0.6) is 0 Å². The van der Waals surface area contributed by atoms with Gasteiger partial charge in [-0.15, -0.1) is 0 Å². The summed E-state index contributed by atoms with van der Waals surface area (Å²) in [6, 6.07) is 6.55. The molecule has 1 aromatic carbocycles. The molecule has 1 aromatic rings. The fourth-order valence-electron chi connectivity index (χ4n) is 0.835. The number of rotatable bonds is 2. The predicted octanol–water partition coefficient (Wildman–Crippen LogP) is 3.40. The molecule has 0 spiro atoms. The number of benzene rings is 1. The number of hydrogen-bond donors (Lipinski definition) is 1. The van der Waals surface area contributed by atoms with Crippen LogP contribution in [-0.4, -0.2) is 18.9 Å². The molecule has 0 atom stereocenters. The Labute approximate surface area is 103 Å². The van der Waals surface area contributed by atoms with Crippen LogP contribution in [0.2, 0.25) is 0 Å². The molecule has 0 aliphatic heterocycles. The van der Waals surface area contributed by atoms with E-state index in [-0.39, 0.29) is 0 Å². The van der Waals surface area contributed by atoms with Crippen LogP contribution in [0.1, 0.15) is 0 Å². The van der Waals surface area contributed by atoms with E-state index in [9.17, 15) is 18.0 Å². The van der Waals surface area contributed by atoms with Gasteiger partial charge >= 0.3 is 12.3 Å². The first-order valence-corrected chi connectivity index (χ1v) is 5.21. The van der Waals surface area contributed by atoms with Crippen LogP contribution in [0.15, 0.2) is 24.3 Å². The third-order valence-electron chi connectivity index (χ3n) is 1.46. The van der Waals surface area contributed by atoms with Crippen molar-refractivity contribution < 1.29 is 22.7 Å². The third kappa shape index (κ3) is 5.19. The average Bonchev–Trinajstić information content (AvgIpc) is 2.18. The normalized spacial score (nSPS) is 11.0. The Morgan fingerprint density at radius 2 is 1.88 bits per heavy atom. The van der Waals surface area contributed by atoms with Gasteiger partial charge in [-0.2, -0.15) is 13.2 Å². The molecule has 0 aliphatic rings. The zero-order valence-electron chi connectivity index (χ0n) is 7.84. The van der Waals surface area contributed by atoms with Crippen LogP contribution in [-0.2, 0) is 4.74 Å². The molecule has 1 N–H and O–H groups in total. The number of carbonyl (C=O) groups is 1. The Balaban J connectivity index is 2.43. The Kier molecular flexibility index (Phi) is 4.39. The van der Waals surface area contributed by atoms with E-state index in [1.54, 1.807) is 24.3 Å². The Hall–Kier alpha value is -0.990. The lowest BCUT2D eigenvalue weighted by Gasteiger charge is -2.08. The summed E-state index contributed by atoms with van der Waals surface area (Å²) in [6.45, 7) is -1.59. The van der Waals surface area contributed by atoms with E-state index in [1.165, 1.54) is 0 Å². The minimum Gasteiger partial charge on any atom is -0.440 e. The van der Waals surface area contributed by atoms with Gasteiger partial charge in [0, 0.05) is 9.26 Å². The lowest BCUT2D eigenvalue weighted by Crippen LogP contribution is -2.23. The monoisotopic (exact) mass is 345 g/mol. The summed E-state index contributed by atoms with van der Waals surface area (Å²) >= 11 is 2.06. The van der Waals surface area contributed by atoms with Gasteiger partial charge in [-0.05, 0) is 46.9 Å². The number of hydrogen-bond acceptors (Lipinski definition) is 2. The van der Waals surface area contributed by atoms with Gasteiger partial charge in [-0.3, -0.25) is 5.32 Å². The van der Waals surface area contributed by atoms with Gasteiger partial charge in [0.05, 0.1) is 0 Å². The van der Waals surface area contributed by atoms with Crippen LogP contribution < -0.4 is 5.32 Å². The van der Waals surface area contributed by atoms with Crippen LogP contribution >= 0.6 is 22.6 Å². The standard InChI is InChI=1S/C9H7F3INO2/c10-9(11,12)5-16-8(15)14-7-3-1-6(13)2-4-7/h1-4H,5H2,(H,14,15). The molecule has 0 aromatic heterocycles. The van der Waals surface area contributed by atoms with E-state index in [2.05, 4.69) is 32.6 Å². The number of carbonyl (C=O) groups excluding carboxylic acids is 1. The van der Waals surface area contributed by atoms with Crippen LogP contribution in [0.25, 0.3) is 0 Å². The summed E-state index contributed by atoms with van der Waals surface area (Å²) in [5, 5.41) is 2.18. The summed E-state index contributed by atoms with van der Waals surface area (Å²) in [6.07, 6.45) is -5.64. The molecule has 88 valence electrons. The molecule has 16 heavy (non-hydrogen) atoms. The van der Waals surface area contributed by atoms with E-state index in [4.69, 9.17) is 0 Å². The molecule has 1 amide bonds. The topological polar surface area (TPSA) is 38.3 Å². The van der Waals surface area contributed by atoms with E-state index in [1.807, 2.05) is 0 Å². The number of amides is 1. The molecule has 3 nitrogen and oxygen atoms in total. The summed E-state index contributed by atoms with van der Waals surface area (Å²) in [4.78, 5) is 10.9. The van der Waals surface area contributed by atoms with E-state index >= 15 is 0 Å². The number of nitrogens with one attached hydrogen (secondary N) is 1. The van der Waals surface area contributed by atoms with Gasteiger partial charge in [-0.1, -0.05) is 0 Å². The number of halogens is 4. The Bertz CT molecular complexity index is 364. The zero-order valence-corrected chi connectivity index (χ0v) is 10.0. The molecule has 0 aliphatic carbocycles. The highest BCUT2D eigenvalue weighted by Gasteiger charge is 2.29. The maximum absolute atomic E-state index is 11.7. The molecular formula is C9H7F3INO2. The SMILES string of the molecule is O=C(Nc1ccc(I)cc1)OCC(F)(F)F. The maximum atomic E-state index is 11.7. The lowest BCUT2D eigenvalue weighted by molar-refractivity contribution is -0.159. The molecule has 0 radical (unpaired) electrons. The van der Waals surface area contributed by atoms with Crippen molar-refractivity contribution in [3.8, 4) is 0 Å². The highest BCUT2D eigenvalue weighted by atomic mass is 127. The Morgan fingerprint density at radius 3 is 2.38 bits per heavy atom. The molecule has 1 rings (SSSR count). The van der Waals surface area contributed by atoms with Crippen molar-refractivity contribution in [1.29, 1.82) is 0 Å². The highest BCUT2D eigenvalue weighted by Crippen LogP contribution is 2.15. The van der Waals surface area contributed by atoms with Crippen molar-refractivity contribution in [2.75, 3.05) is 11.9 Å². The molecule has 0 saturated carbocycles. The van der Waals surface area contributed by atoms with Gasteiger partial charge < -0.3 is 4.74 Å². The maximum Gasteiger partial charge on any atom is 0.422 e. The van der Waals surface area contributed by atoms with Gasteiger partial charge in [0.1, 0.15) is 0 Å². The molecule has 0 saturated heterocycles. The highest BCUT2D eigenvalue weighted by molar-refractivity contribution is 14.1. The average molecular weight is 345 g/mol. The quantitative estimate of drug-likeness (QED) is 0.835. The van der Waals surface area contributed by atoms with Crippen molar-refractivity contribution >= 4 is 34.4 Å².